The van der Waals surface area contributed by atoms with Crippen molar-refractivity contribution in [2.75, 3.05) is 14.2 Å². The van der Waals surface area contributed by atoms with E-state index in [0.29, 0.717) is 23.6 Å². The van der Waals surface area contributed by atoms with Crippen LogP contribution in [0.15, 0.2) is 54.6 Å². The third-order valence-corrected chi connectivity index (χ3v) is 3.76. The Kier molecular flexibility index (Phi) is 7.43. The van der Waals surface area contributed by atoms with Gasteiger partial charge in [0.15, 0.2) is 6.10 Å². The fraction of sp³-hybridized carbons (Fsp3) is 0.238. The molecule has 142 valence electrons. The van der Waals surface area contributed by atoms with E-state index in [1.165, 1.54) is 13.0 Å². The number of hydrogen-bond donors (Lipinski definition) is 1. The molecule has 0 heterocycles. The van der Waals surface area contributed by atoms with Gasteiger partial charge >= 0.3 is 5.97 Å². The van der Waals surface area contributed by atoms with Gasteiger partial charge < -0.3 is 19.5 Å². The average Bonchev–Trinajstić information content (AvgIpc) is 2.70. The molecule has 2 aromatic rings. The SMILES string of the molecule is COc1cc(/C=C/C(=O)O[C@H](C)C(=O)NCc2ccccc2)cc(OC)c1. The van der Waals surface area contributed by atoms with Crippen molar-refractivity contribution in [2.45, 2.75) is 19.6 Å². The number of ether oxygens (including phenoxy) is 3. The number of carbonyl (C=O) groups excluding carboxylic acids is 2. The van der Waals surface area contributed by atoms with Crippen molar-refractivity contribution in [2.24, 2.45) is 0 Å². The van der Waals surface area contributed by atoms with Crippen LogP contribution < -0.4 is 14.8 Å². The highest BCUT2D eigenvalue weighted by Crippen LogP contribution is 2.23. The molecule has 0 fully saturated rings. The zero-order valence-corrected chi connectivity index (χ0v) is 15.6. The van der Waals surface area contributed by atoms with Crippen LogP contribution in [0.25, 0.3) is 6.08 Å². The lowest BCUT2D eigenvalue weighted by Gasteiger charge is -2.12. The summed E-state index contributed by atoms with van der Waals surface area (Å²) < 4.78 is 15.5. The fourth-order valence-electron chi connectivity index (χ4n) is 2.29. The van der Waals surface area contributed by atoms with Crippen LogP contribution >= 0.6 is 0 Å². The summed E-state index contributed by atoms with van der Waals surface area (Å²) in [5.41, 5.74) is 1.68. The minimum Gasteiger partial charge on any atom is -0.497 e. The lowest BCUT2D eigenvalue weighted by atomic mass is 10.2. The third kappa shape index (κ3) is 6.51. The first-order valence-corrected chi connectivity index (χ1v) is 8.45. The molecule has 0 aliphatic rings. The van der Waals surface area contributed by atoms with E-state index in [1.807, 2.05) is 30.3 Å². The van der Waals surface area contributed by atoms with Crippen LogP contribution in [0.1, 0.15) is 18.1 Å². The monoisotopic (exact) mass is 369 g/mol. The van der Waals surface area contributed by atoms with E-state index in [-0.39, 0.29) is 5.91 Å². The number of carbonyl (C=O) groups is 2. The number of rotatable bonds is 8. The van der Waals surface area contributed by atoms with Crippen LogP contribution in [-0.4, -0.2) is 32.2 Å². The van der Waals surface area contributed by atoms with E-state index in [2.05, 4.69) is 5.32 Å². The molecule has 1 N–H and O–H groups in total. The van der Waals surface area contributed by atoms with Gasteiger partial charge in [0, 0.05) is 18.7 Å². The van der Waals surface area contributed by atoms with E-state index in [9.17, 15) is 9.59 Å². The zero-order chi connectivity index (χ0) is 19.6. The van der Waals surface area contributed by atoms with Gasteiger partial charge in [-0.15, -0.1) is 0 Å². The largest absolute Gasteiger partial charge is 0.497 e. The molecule has 0 saturated heterocycles. The molecule has 0 spiro atoms. The molecule has 27 heavy (non-hydrogen) atoms. The number of esters is 1. The first-order chi connectivity index (χ1) is 13.0. The Hall–Kier alpha value is -3.28. The van der Waals surface area contributed by atoms with Crippen molar-refractivity contribution >= 4 is 18.0 Å². The predicted molar refractivity (Wildman–Crippen MR) is 102 cm³/mol. The number of amides is 1. The maximum atomic E-state index is 12.0. The lowest BCUT2D eigenvalue weighted by molar-refractivity contribution is -0.150. The van der Waals surface area contributed by atoms with Gasteiger partial charge in [-0.25, -0.2) is 4.79 Å². The van der Waals surface area contributed by atoms with Gasteiger partial charge in [-0.05, 0) is 36.3 Å². The number of methoxy groups -OCH3 is 2. The van der Waals surface area contributed by atoms with Gasteiger partial charge in [0.25, 0.3) is 5.91 Å². The van der Waals surface area contributed by atoms with Crippen LogP contribution in [0, 0.1) is 0 Å². The molecule has 1 amide bonds. The van der Waals surface area contributed by atoms with Gasteiger partial charge in [0.2, 0.25) is 0 Å². The second-order valence-electron chi connectivity index (χ2n) is 5.76. The van der Waals surface area contributed by atoms with Gasteiger partial charge in [-0.3, -0.25) is 4.79 Å². The summed E-state index contributed by atoms with van der Waals surface area (Å²) in [7, 11) is 3.10. The summed E-state index contributed by atoms with van der Waals surface area (Å²) >= 11 is 0. The molecule has 6 heteroatoms. The Morgan fingerprint density at radius 1 is 1.04 bits per heavy atom. The Balaban J connectivity index is 1.88. The molecule has 0 aliphatic carbocycles. The van der Waals surface area contributed by atoms with Crippen LogP contribution in [0.5, 0.6) is 11.5 Å². The van der Waals surface area contributed by atoms with E-state index >= 15 is 0 Å². The third-order valence-electron chi connectivity index (χ3n) is 3.76. The van der Waals surface area contributed by atoms with E-state index in [1.54, 1.807) is 38.5 Å². The minimum atomic E-state index is -0.897. The van der Waals surface area contributed by atoms with Crippen molar-refractivity contribution in [1.29, 1.82) is 0 Å². The molecule has 1 atom stereocenters. The zero-order valence-electron chi connectivity index (χ0n) is 15.6. The highest BCUT2D eigenvalue weighted by atomic mass is 16.5. The topological polar surface area (TPSA) is 73.9 Å². The summed E-state index contributed by atoms with van der Waals surface area (Å²) in [4.78, 5) is 24.0. The van der Waals surface area contributed by atoms with Crippen LogP contribution in [0.3, 0.4) is 0 Å². The molecule has 2 aromatic carbocycles. The van der Waals surface area contributed by atoms with Crippen LogP contribution in [-0.2, 0) is 20.9 Å². The van der Waals surface area contributed by atoms with Crippen molar-refractivity contribution in [3.05, 3.63) is 65.7 Å². The molecule has 0 unspecified atom stereocenters. The average molecular weight is 369 g/mol. The molecular formula is C21H23NO5. The van der Waals surface area contributed by atoms with Crippen LogP contribution in [0.2, 0.25) is 0 Å². The first-order valence-electron chi connectivity index (χ1n) is 8.45. The first kappa shape index (κ1) is 20.0. The van der Waals surface area contributed by atoms with Gasteiger partial charge in [-0.2, -0.15) is 0 Å². The van der Waals surface area contributed by atoms with E-state index < -0.39 is 12.1 Å². The van der Waals surface area contributed by atoms with Gasteiger partial charge in [0.05, 0.1) is 14.2 Å². The number of hydrogen-bond acceptors (Lipinski definition) is 5. The standard InChI is InChI=1S/C21H23NO5/c1-15(21(24)22-14-16-7-5-4-6-8-16)27-20(23)10-9-17-11-18(25-2)13-19(12-17)26-3/h4-13,15H,14H2,1-3H3,(H,22,24)/b10-9+/t15-/m1/s1. The maximum Gasteiger partial charge on any atom is 0.331 e. The normalized spacial score (nSPS) is 11.7. The van der Waals surface area contributed by atoms with Crippen LogP contribution in [0.4, 0.5) is 0 Å². The Morgan fingerprint density at radius 3 is 2.26 bits per heavy atom. The van der Waals surface area contributed by atoms with Crippen molar-refractivity contribution < 1.29 is 23.8 Å². The van der Waals surface area contributed by atoms with E-state index in [4.69, 9.17) is 14.2 Å². The highest BCUT2D eigenvalue weighted by molar-refractivity contribution is 5.90. The number of benzene rings is 2. The molecule has 0 saturated carbocycles. The molecule has 0 radical (unpaired) electrons. The molecule has 0 bridgehead atoms. The van der Waals surface area contributed by atoms with Crippen molar-refractivity contribution in [1.82, 2.24) is 5.32 Å². The quantitative estimate of drug-likeness (QED) is 0.572. The molecule has 2 rings (SSSR count). The van der Waals surface area contributed by atoms with Crippen molar-refractivity contribution in [3.63, 3.8) is 0 Å². The summed E-state index contributed by atoms with van der Waals surface area (Å²) in [6.07, 6.45) is 1.93. The van der Waals surface area contributed by atoms with E-state index in [0.717, 1.165) is 5.56 Å². The summed E-state index contributed by atoms with van der Waals surface area (Å²) in [5.74, 6) is 0.245. The Bertz CT molecular complexity index is 779. The molecule has 0 aliphatic heterocycles. The molecule has 6 nitrogen and oxygen atoms in total. The summed E-state index contributed by atoms with van der Waals surface area (Å²) in [6.45, 7) is 1.90. The fourth-order valence-corrected chi connectivity index (χ4v) is 2.29. The predicted octanol–water partition coefficient (Wildman–Crippen LogP) is 2.97. The minimum absolute atomic E-state index is 0.358. The Morgan fingerprint density at radius 2 is 1.67 bits per heavy atom. The summed E-state index contributed by atoms with van der Waals surface area (Å²) in [6, 6.07) is 14.7. The second kappa shape index (κ2) is 10.0. The number of nitrogens with one attached hydrogen (secondary N) is 1. The molecule has 0 aromatic heterocycles. The van der Waals surface area contributed by atoms with Crippen molar-refractivity contribution in [3.8, 4) is 11.5 Å². The second-order valence-corrected chi connectivity index (χ2v) is 5.76. The maximum absolute atomic E-state index is 12.0. The lowest BCUT2D eigenvalue weighted by Crippen LogP contribution is -2.35. The van der Waals surface area contributed by atoms with Gasteiger partial charge in [0.1, 0.15) is 11.5 Å². The highest BCUT2D eigenvalue weighted by Gasteiger charge is 2.16. The van der Waals surface area contributed by atoms with Gasteiger partial charge in [-0.1, -0.05) is 30.3 Å². The smallest absolute Gasteiger partial charge is 0.331 e. The Labute approximate surface area is 158 Å². The summed E-state index contributed by atoms with van der Waals surface area (Å²) in [5, 5.41) is 2.73. The molecular weight excluding hydrogens is 346 g/mol.